The molecule has 6 heteroatoms. The van der Waals surface area contributed by atoms with E-state index in [0.717, 1.165) is 25.9 Å². The number of rotatable bonds is 6. The van der Waals surface area contributed by atoms with Crippen LogP contribution in [0.15, 0.2) is 24.3 Å². The van der Waals surface area contributed by atoms with E-state index in [1.54, 1.807) is 18.2 Å². The van der Waals surface area contributed by atoms with E-state index in [1.165, 1.54) is 6.07 Å². The summed E-state index contributed by atoms with van der Waals surface area (Å²) in [7, 11) is 0. The largest absolute Gasteiger partial charge is 0.492 e. The Morgan fingerprint density at radius 2 is 1.90 bits per heavy atom. The Kier molecular flexibility index (Phi) is 5.87. The zero-order valence-corrected chi connectivity index (χ0v) is 11.9. The number of hydrogen-bond acceptors (Lipinski definition) is 3. The van der Waals surface area contributed by atoms with Crippen molar-refractivity contribution >= 4 is 0 Å². The number of halogens is 3. The van der Waals surface area contributed by atoms with Crippen molar-refractivity contribution in [1.82, 2.24) is 10.6 Å². The van der Waals surface area contributed by atoms with Gasteiger partial charge in [0, 0.05) is 18.2 Å². The predicted octanol–water partition coefficient (Wildman–Crippen LogP) is 2.51. The third kappa shape index (κ3) is 5.93. The Balaban J connectivity index is 1.77. The Hall–Kier alpha value is -1.27. The first-order valence-corrected chi connectivity index (χ1v) is 7.26. The van der Waals surface area contributed by atoms with Crippen LogP contribution in [0.2, 0.25) is 0 Å². The van der Waals surface area contributed by atoms with Gasteiger partial charge in [-0.25, -0.2) is 0 Å². The molecule has 0 atom stereocenters. The van der Waals surface area contributed by atoms with Crippen LogP contribution < -0.4 is 15.4 Å². The lowest BCUT2D eigenvalue weighted by molar-refractivity contribution is -0.127. The molecule has 0 aliphatic carbocycles. The maximum atomic E-state index is 12.5. The summed E-state index contributed by atoms with van der Waals surface area (Å²) in [6, 6.07) is 6.81. The first kappa shape index (κ1) is 16.1. The average molecular weight is 302 g/mol. The normalized spacial score (nSPS) is 16.9. The molecular formula is C15H21F3N2O. The summed E-state index contributed by atoms with van der Waals surface area (Å²) in [6.07, 6.45) is -3.02. The van der Waals surface area contributed by atoms with Gasteiger partial charge in [-0.05, 0) is 32.0 Å². The van der Waals surface area contributed by atoms with E-state index in [0.29, 0.717) is 24.9 Å². The number of piperidine rings is 1. The molecule has 0 amide bonds. The molecule has 2 N–H and O–H groups in total. The van der Waals surface area contributed by atoms with E-state index >= 15 is 0 Å². The van der Waals surface area contributed by atoms with Crippen LogP contribution in [-0.4, -0.2) is 38.5 Å². The Morgan fingerprint density at radius 1 is 1.19 bits per heavy atom. The van der Waals surface area contributed by atoms with Crippen molar-refractivity contribution in [1.29, 1.82) is 0 Å². The standard InChI is InChI=1S/C15H21F3N2O/c16-15(17,18)11-12-3-1-2-4-14(12)21-10-9-20-13-5-7-19-8-6-13/h1-4,13,19-20H,5-11H2. The lowest BCUT2D eigenvalue weighted by atomic mass is 10.1. The molecule has 21 heavy (non-hydrogen) atoms. The highest BCUT2D eigenvalue weighted by atomic mass is 19.4. The van der Waals surface area contributed by atoms with Gasteiger partial charge in [0.25, 0.3) is 0 Å². The van der Waals surface area contributed by atoms with Crippen molar-refractivity contribution in [2.24, 2.45) is 0 Å². The molecule has 0 spiro atoms. The fraction of sp³-hybridized carbons (Fsp3) is 0.600. The highest BCUT2D eigenvalue weighted by Gasteiger charge is 2.29. The van der Waals surface area contributed by atoms with Crippen LogP contribution in [-0.2, 0) is 6.42 Å². The number of nitrogens with one attached hydrogen (secondary N) is 2. The number of para-hydroxylation sites is 1. The number of alkyl halides is 3. The van der Waals surface area contributed by atoms with Crippen molar-refractivity contribution in [3.63, 3.8) is 0 Å². The molecule has 0 unspecified atom stereocenters. The van der Waals surface area contributed by atoms with Crippen LogP contribution in [0.5, 0.6) is 5.75 Å². The van der Waals surface area contributed by atoms with Gasteiger partial charge < -0.3 is 15.4 Å². The van der Waals surface area contributed by atoms with E-state index in [2.05, 4.69) is 10.6 Å². The minimum Gasteiger partial charge on any atom is -0.492 e. The molecule has 1 saturated heterocycles. The molecule has 1 aromatic carbocycles. The number of benzene rings is 1. The third-order valence-corrected chi connectivity index (χ3v) is 3.50. The van der Waals surface area contributed by atoms with Crippen molar-refractivity contribution in [3.8, 4) is 5.75 Å². The van der Waals surface area contributed by atoms with Gasteiger partial charge in [-0.2, -0.15) is 13.2 Å². The molecule has 1 fully saturated rings. The van der Waals surface area contributed by atoms with Gasteiger partial charge >= 0.3 is 6.18 Å². The van der Waals surface area contributed by atoms with Crippen LogP contribution in [0.1, 0.15) is 18.4 Å². The van der Waals surface area contributed by atoms with E-state index in [-0.39, 0.29) is 5.56 Å². The fourth-order valence-corrected chi connectivity index (χ4v) is 2.46. The lowest BCUT2D eigenvalue weighted by Gasteiger charge is -2.23. The molecule has 2 rings (SSSR count). The zero-order valence-electron chi connectivity index (χ0n) is 11.9. The van der Waals surface area contributed by atoms with Gasteiger partial charge in [-0.15, -0.1) is 0 Å². The quantitative estimate of drug-likeness (QED) is 0.792. The average Bonchev–Trinajstić information content (AvgIpc) is 2.45. The first-order valence-electron chi connectivity index (χ1n) is 7.26. The van der Waals surface area contributed by atoms with Crippen LogP contribution in [0.4, 0.5) is 13.2 Å². The summed E-state index contributed by atoms with van der Waals surface area (Å²) in [6.45, 7) is 3.03. The van der Waals surface area contributed by atoms with Crippen molar-refractivity contribution < 1.29 is 17.9 Å². The molecule has 0 aromatic heterocycles. The van der Waals surface area contributed by atoms with Gasteiger partial charge in [0.1, 0.15) is 12.4 Å². The molecule has 0 radical (unpaired) electrons. The summed E-state index contributed by atoms with van der Waals surface area (Å²) in [4.78, 5) is 0. The van der Waals surface area contributed by atoms with Crippen molar-refractivity contribution in [2.75, 3.05) is 26.2 Å². The summed E-state index contributed by atoms with van der Waals surface area (Å²) in [5.41, 5.74) is 0.187. The summed E-state index contributed by atoms with van der Waals surface area (Å²) in [5.74, 6) is 0.321. The van der Waals surface area contributed by atoms with Crippen LogP contribution in [0, 0.1) is 0 Å². The molecule has 1 aliphatic rings. The second-order valence-corrected chi connectivity index (χ2v) is 5.23. The maximum Gasteiger partial charge on any atom is 0.393 e. The monoisotopic (exact) mass is 302 g/mol. The molecule has 0 bridgehead atoms. The molecule has 0 saturated carbocycles. The summed E-state index contributed by atoms with van der Waals surface area (Å²) >= 11 is 0. The highest BCUT2D eigenvalue weighted by Crippen LogP contribution is 2.27. The van der Waals surface area contributed by atoms with Crippen LogP contribution in [0.3, 0.4) is 0 Å². The van der Waals surface area contributed by atoms with E-state index in [9.17, 15) is 13.2 Å². The minimum absolute atomic E-state index is 0.187. The van der Waals surface area contributed by atoms with Gasteiger partial charge in [0.15, 0.2) is 0 Å². The molecule has 118 valence electrons. The topological polar surface area (TPSA) is 33.3 Å². The Bertz CT molecular complexity index is 431. The number of hydrogen-bond donors (Lipinski definition) is 2. The van der Waals surface area contributed by atoms with Gasteiger partial charge in [-0.3, -0.25) is 0 Å². The van der Waals surface area contributed by atoms with E-state index in [4.69, 9.17) is 4.74 Å². The Morgan fingerprint density at radius 3 is 2.62 bits per heavy atom. The third-order valence-electron chi connectivity index (χ3n) is 3.50. The second-order valence-electron chi connectivity index (χ2n) is 5.23. The van der Waals surface area contributed by atoms with Crippen molar-refractivity contribution in [2.45, 2.75) is 31.5 Å². The molecule has 1 heterocycles. The Labute approximate surface area is 122 Å². The summed E-state index contributed by atoms with van der Waals surface area (Å²) < 4.78 is 42.9. The fourth-order valence-electron chi connectivity index (χ4n) is 2.46. The smallest absolute Gasteiger partial charge is 0.393 e. The van der Waals surface area contributed by atoms with Crippen molar-refractivity contribution in [3.05, 3.63) is 29.8 Å². The highest BCUT2D eigenvalue weighted by molar-refractivity contribution is 5.33. The SMILES string of the molecule is FC(F)(F)Cc1ccccc1OCCNC1CCNCC1. The predicted molar refractivity (Wildman–Crippen MR) is 75.6 cm³/mol. The number of ether oxygens (including phenoxy) is 1. The summed E-state index contributed by atoms with van der Waals surface area (Å²) in [5, 5.41) is 6.65. The van der Waals surface area contributed by atoms with E-state index < -0.39 is 12.6 Å². The minimum atomic E-state index is -4.22. The van der Waals surface area contributed by atoms with Crippen LogP contribution in [0.25, 0.3) is 0 Å². The lowest BCUT2D eigenvalue weighted by Crippen LogP contribution is -2.41. The van der Waals surface area contributed by atoms with Gasteiger partial charge in [0.2, 0.25) is 0 Å². The molecule has 1 aliphatic heterocycles. The molecule has 1 aromatic rings. The van der Waals surface area contributed by atoms with E-state index in [1.807, 2.05) is 0 Å². The molecular weight excluding hydrogens is 281 g/mol. The zero-order chi connectivity index (χ0) is 15.1. The molecule has 3 nitrogen and oxygen atoms in total. The van der Waals surface area contributed by atoms with Crippen LogP contribution >= 0.6 is 0 Å². The van der Waals surface area contributed by atoms with Gasteiger partial charge in [0.05, 0.1) is 6.42 Å². The first-order chi connectivity index (χ1) is 10.0. The maximum absolute atomic E-state index is 12.5. The van der Waals surface area contributed by atoms with Gasteiger partial charge in [-0.1, -0.05) is 18.2 Å². The second kappa shape index (κ2) is 7.66.